The molecule has 6 heteroatoms. The lowest BCUT2D eigenvalue weighted by atomic mass is 10.2. The largest absolute Gasteiger partial charge is 0.497 e. The number of pyridine rings is 1. The number of rotatable bonds is 4. The molecule has 0 unspecified atom stereocenters. The Bertz CT molecular complexity index is 640. The van der Waals surface area contributed by atoms with Crippen LogP contribution in [0, 0.1) is 0 Å². The summed E-state index contributed by atoms with van der Waals surface area (Å²) in [5.74, 6) is -0.505. The molecule has 0 aliphatic rings. The number of aromatic carboxylic acids is 1. The van der Waals surface area contributed by atoms with Gasteiger partial charge < -0.3 is 9.84 Å². The summed E-state index contributed by atoms with van der Waals surface area (Å²) in [4.78, 5) is 27.2. The monoisotopic (exact) mass is 289 g/mol. The Labute approximate surface area is 119 Å². The fourth-order valence-corrected chi connectivity index (χ4v) is 2.36. The number of carboxylic acid groups (broad SMARTS) is 1. The smallest absolute Gasteiger partial charge is 0.355 e. The van der Waals surface area contributed by atoms with Gasteiger partial charge in [-0.25, -0.2) is 9.78 Å². The lowest BCUT2D eigenvalue weighted by Crippen LogP contribution is -2.03. The van der Waals surface area contributed by atoms with Gasteiger partial charge in [0.1, 0.15) is 5.75 Å². The van der Waals surface area contributed by atoms with Gasteiger partial charge in [-0.1, -0.05) is 0 Å². The highest BCUT2D eigenvalue weighted by molar-refractivity contribution is 8.14. The fraction of sp³-hybridized carbons (Fsp3) is 0.0714. The van der Waals surface area contributed by atoms with Gasteiger partial charge in [0.25, 0.3) is 0 Å². The van der Waals surface area contributed by atoms with Crippen molar-refractivity contribution < 1.29 is 19.4 Å². The SMILES string of the molecule is COc1ccc(C(=O)Sc2cccnc2C(=O)O)cc1. The van der Waals surface area contributed by atoms with Crippen LogP contribution >= 0.6 is 11.8 Å². The van der Waals surface area contributed by atoms with Crippen molar-refractivity contribution in [3.8, 4) is 5.75 Å². The number of nitrogens with zero attached hydrogens (tertiary/aromatic N) is 1. The molecule has 2 aromatic rings. The Kier molecular flexibility index (Phi) is 4.37. The van der Waals surface area contributed by atoms with Crippen LogP contribution < -0.4 is 4.74 Å². The third-order valence-corrected chi connectivity index (χ3v) is 3.47. The van der Waals surface area contributed by atoms with E-state index in [1.165, 1.54) is 6.20 Å². The molecule has 0 saturated heterocycles. The summed E-state index contributed by atoms with van der Waals surface area (Å²) in [7, 11) is 1.54. The molecule has 0 aliphatic carbocycles. The van der Waals surface area contributed by atoms with Gasteiger partial charge in [-0.3, -0.25) is 4.79 Å². The van der Waals surface area contributed by atoms with Crippen LogP contribution in [0.2, 0.25) is 0 Å². The standard InChI is InChI=1S/C14H11NO4S/c1-19-10-6-4-9(5-7-10)14(18)20-11-3-2-8-15-12(11)13(16)17/h2-8H,1H3,(H,16,17). The first-order valence-corrected chi connectivity index (χ1v) is 6.48. The molecule has 0 aliphatic heterocycles. The van der Waals surface area contributed by atoms with Crippen LogP contribution in [-0.4, -0.2) is 28.3 Å². The van der Waals surface area contributed by atoms with Crippen LogP contribution in [0.1, 0.15) is 20.8 Å². The number of ether oxygens (including phenoxy) is 1. The second kappa shape index (κ2) is 6.21. The van der Waals surface area contributed by atoms with Gasteiger partial charge in [0.2, 0.25) is 5.12 Å². The molecule has 0 amide bonds. The Morgan fingerprint density at radius 3 is 2.50 bits per heavy atom. The maximum Gasteiger partial charge on any atom is 0.355 e. The van der Waals surface area contributed by atoms with Crippen LogP contribution in [0.25, 0.3) is 0 Å². The van der Waals surface area contributed by atoms with E-state index in [1.54, 1.807) is 43.5 Å². The molecule has 20 heavy (non-hydrogen) atoms. The third kappa shape index (κ3) is 3.16. The minimum atomic E-state index is -1.16. The Hall–Kier alpha value is -2.34. The first-order chi connectivity index (χ1) is 9.61. The summed E-state index contributed by atoms with van der Waals surface area (Å²) in [6, 6.07) is 9.76. The maximum atomic E-state index is 12.1. The Morgan fingerprint density at radius 1 is 1.20 bits per heavy atom. The minimum Gasteiger partial charge on any atom is -0.497 e. The van der Waals surface area contributed by atoms with Crippen molar-refractivity contribution >= 4 is 22.8 Å². The number of carbonyl (C=O) groups is 2. The quantitative estimate of drug-likeness (QED) is 0.872. The summed E-state index contributed by atoms with van der Waals surface area (Å²) in [5, 5.41) is 8.77. The normalized spacial score (nSPS) is 10.1. The van der Waals surface area contributed by atoms with Crippen LogP contribution in [0.15, 0.2) is 47.5 Å². The van der Waals surface area contributed by atoms with E-state index in [4.69, 9.17) is 9.84 Å². The second-order valence-corrected chi connectivity index (χ2v) is 4.79. The van der Waals surface area contributed by atoms with Crippen molar-refractivity contribution in [2.75, 3.05) is 7.11 Å². The van der Waals surface area contributed by atoms with Gasteiger partial charge in [-0.15, -0.1) is 0 Å². The summed E-state index contributed by atoms with van der Waals surface area (Å²) < 4.78 is 5.01. The predicted octanol–water partition coefficient (Wildman–Crippen LogP) is 2.72. The molecule has 0 radical (unpaired) electrons. The first-order valence-electron chi connectivity index (χ1n) is 5.66. The minimum absolute atomic E-state index is 0.126. The molecule has 1 heterocycles. The molecule has 1 aromatic heterocycles. The van der Waals surface area contributed by atoms with Crippen molar-refractivity contribution in [2.24, 2.45) is 0 Å². The van der Waals surface area contributed by atoms with Gasteiger partial charge in [-0.2, -0.15) is 0 Å². The summed E-state index contributed by atoms with van der Waals surface area (Å²) in [6.07, 6.45) is 1.38. The molecular weight excluding hydrogens is 278 g/mol. The van der Waals surface area contributed by atoms with Gasteiger partial charge in [0.05, 0.1) is 7.11 Å². The molecule has 1 N–H and O–H groups in total. The van der Waals surface area contributed by atoms with Crippen LogP contribution in [-0.2, 0) is 0 Å². The van der Waals surface area contributed by atoms with Crippen molar-refractivity contribution in [1.82, 2.24) is 4.98 Å². The van der Waals surface area contributed by atoms with E-state index in [1.807, 2.05) is 0 Å². The van der Waals surface area contributed by atoms with Crippen molar-refractivity contribution in [2.45, 2.75) is 4.90 Å². The highest BCUT2D eigenvalue weighted by atomic mass is 32.2. The number of methoxy groups -OCH3 is 1. The second-order valence-electron chi connectivity index (χ2n) is 3.77. The number of aromatic nitrogens is 1. The molecule has 2 rings (SSSR count). The Morgan fingerprint density at radius 2 is 1.90 bits per heavy atom. The Balaban J connectivity index is 2.21. The molecule has 0 saturated carbocycles. The van der Waals surface area contributed by atoms with Crippen LogP contribution in [0.4, 0.5) is 0 Å². The highest BCUT2D eigenvalue weighted by Crippen LogP contribution is 2.26. The molecule has 0 fully saturated rings. The lowest BCUT2D eigenvalue weighted by molar-refractivity contribution is 0.0686. The summed E-state index contributed by atoms with van der Waals surface area (Å²) in [6.45, 7) is 0. The third-order valence-electron chi connectivity index (χ3n) is 2.50. The molecule has 102 valence electrons. The first kappa shape index (κ1) is 14.1. The predicted molar refractivity (Wildman–Crippen MR) is 74.4 cm³/mol. The number of benzene rings is 1. The molecule has 1 aromatic carbocycles. The summed E-state index contributed by atoms with van der Waals surface area (Å²) in [5.41, 5.74) is 0.343. The van der Waals surface area contributed by atoms with Gasteiger partial charge in [0.15, 0.2) is 5.69 Å². The van der Waals surface area contributed by atoms with Crippen LogP contribution in [0.5, 0.6) is 5.75 Å². The highest BCUT2D eigenvalue weighted by Gasteiger charge is 2.16. The zero-order chi connectivity index (χ0) is 14.5. The molecular formula is C14H11NO4S. The number of hydrogen-bond donors (Lipinski definition) is 1. The topological polar surface area (TPSA) is 76.5 Å². The number of thioether (sulfide) groups is 1. The molecule has 0 atom stereocenters. The number of carbonyl (C=O) groups excluding carboxylic acids is 1. The van der Waals surface area contributed by atoms with E-state index in [-0.39, 0.29) is 10.8 Å². The van der Waals surface area contributed by atoms with Gasteiger partial charge in [0, 0.05) is 16.7 Å². The van der Waals surface area contributed by atoms with E-state index in [0.717, 1.165) is 11.8 Å². The zero-order valence-corrected chi connectivity index (χ0v) is 11.4. The lowest BCUT2D eigenvalue weighted by Gasteiger charge is -2.04. The average molecular weight is 289 g/mol. The van der Waals surface area contributed by atoms with Crippen molar-refractivity contribution in [1.29, 1.82) is 0 Å². The van der Waals surface area contributed by atoms with Crippen LogP contribution in [0.3, 0.4) is 0 Å². The maximum absolute atomic E-state index is 12.1. The molecule has 5 nitrogen and oxygen atoms in total. The van der Waals surface area contributed by atoms with E-state index in [0.29, 0.717) is 16.2 Å². The van der Waals surface area contributed by atoms with E-state index in [2.05, 4.69) is 4.98 Å². The average Bonchev–Trinajstić information content (AvgIpc) is 2.47. The molecule has 0 spiro atoms. The van der Waals surface area contributed by atoms with Crippen molar-refractivity contribution in [3.05, 3.63) is 53.9 Å². The summed E-state index contributed by atoms with van der Waals surface area (Å²) >= 11 is 0.842. The number of carboxylic acids is 1. The number of hydrogen-bond acceptors (Lipinski definition) is 5. The van der Waals surface area contributed by atoms with Gasteiger partial charge >= 0.3 is 5.97 Å². The van der Waals surface area contributed by atoms with E-state index < -0.39 is 5.97 Å². The molecule has 0 bridgehead atoms. The van der Waals surface area contributed by atoms with E-state index >= 15 is 0 Å². The van der Waals surface area contributed by atoms with Gasteiger partial charge in [-0.05, 0) is 48.2 Å². The fourth-order valence-electron chi connectivity index (χ4n) is 1.52. The van der Waals surface area contributed by atoms with E-state index in [9.17, 15) is 9.59 Å². The van der Waals surface area contributed by atoms with Crippen molar-refractivity contribution in [3.63, 3.8) is 0 Å². The zero-order valence-electron chi connectivity index (χ0n) is 10.6.